The van der Waals surface area contributed by atoms with E-state index in [4.69, 9.17) is 14.2 Å². The first-order valence-corrected chi connectivity index (χ1v) is 9.54. The Morgan fingerprint density at radius 3 is 2.86 bits per heavy atom. The minimum Gasteiger partial charge on any atom is -0.493 e. The molecule has 0 spiro atoms. The van der Waals surface area contributed by atoms with Crippen LogP contribution < -0.4 is 19.5 Å². The Balaban J connectivity index is 1.38. The molecule has 7 heteroatoms. The smallest absolute Gasteiger partial charge is 0.251 e. The highest BCUT2D eigenvalue weighted by Crippen LogP contribution is 2.40. The highest BCUT2D eigenvalue weighted by Gasteiger charge is 2.20. The van der Waals surface area contributed by atoms with E-state index >= 15 is 0 Å². The normalized spacial score (nSPS) is 12.4. The fraction of sp³-hybridized carbons (Fsp3) is 0.273. The lowest BCUT2D eigenvalue weighted by Gasteiger charge is -2.21. The van der Waals surface area contributed by atoms with Gasteiger partial charge < -0.3 is 24.1 Å². The second-order valence-electron chi connectivity index (χ2n) is 6.67. The number of nitrogens with zero attached hydrogens (tertiary/aromatic N) is 2. The summed E-state index contributed by atoms with van der Waals surface area (Å²) in [6.45, 7) is 2.14. The van der Waals surface area contributed by atoms with Crippen LogP contribution in [0.1, 0.15) is 21.7 Å². The lowest BCUT2D eigenvalue weighted by atomic mass is 10.1. The third kappa shape index (κ3) is 4.34. The number of fused-ring (bicyclic) bond motifs is 1. The Kier molecular flexibility index (Phi) is 5.65. The molecule has 2 heterocycles. The predicted octanol–water partition coefficient (Wildman–Crippen LogP) is 2.68. The van der Waals surface area contributed by atoms with Crippen molar-refractivity contribution in [2.75, 3.05) is 26.9 Å². The number of aromatic nitrogens is 2. The van der Waals surface area contributed by atoms with Crippen molar-refractivity contribution < 1.29 is 19.0 Å². The number of rotatable bonds is 7. The molecule has 0 unspecified atom stereocenters. The summed E-state index contributed by atoms with van der Waals surface area (Å²) in [4.78, 5) is 17.0. The van der Waals surface area contributed by atoms with Crippen molar-refractivity contribution in [3.63, 3.8) is 0 Å². The second-order valence-corrected chi connectivity index (χ2v) is 6.67. The van der Waals surface area contributed by atoms with Crippen molar-refractivity contribution in [1.29, 1.82) is 0 Å². The SMILES string of the molecule is COc1cc(C(=O)NCCc2nccn2Cc2ccccc2)cc2c1OCCO2. The zero-order valence-corrected chi connectivity index (χ0v) is 16.3. The van der Waals surface area contributed by atoms with E-state index in [0.29, 0.717) is 49.0 Å². The maximum atomic E-state index is 12.6. The standard InChI is InChI=1S/C22H23N3O4/c1-27-18-13-17(14-19-21(18)29-12-11-28-19)22(26)24-8-7-20-23-9-10-25(20)15-16-5-3-2-4-6-16/h2-6,9-10,13-14H,7-8,11-12,15H2,1H3,(H,24,26). The van der Waals surface area contributed by atoms with Crippen LogP contribution in [-0.4, -0.2) is 42.3 Å². The molecule has 29 heavy (non-hydrogen) atoms. The number of carbonyl (C=O) groups is 1. The maximum absolute atomic E-state index is 12.6. The number of hydrogen-bond acceptors (Lipinski definition) is 5. The van der Waals surface area contributed by atoms with E-state index in [2.05, 4.69) is 27.0 Å². The van der Waals surface area contributed by atoms with Gasteiger partial charge in [-0.3, -0.25) is 4.79 Å². The van der Waals surface area contributed by atoms with E-state index in [0.717, 1.165) is 12.4 Å². The number of imidazole rings is 1. The Morgan fingerprint density at radius 1 is 1.21 bits per heavy atom. The molecule has 1 aliphatic heterocycles. The number of ether oxygens (including phenoxy) is 3. The molecule has 0 bridgehead atoms. The van der Waals surface area contributed by atoms with Crippen LogP contribution in [0.4, 0.5) is 0 Å². The Hall–Kier alpha value is -3.48. The van der Waals surface area contributed by atoms with E-state index < -0.39 is 0 Å². The van der Waals surface area contributed by atoms with Crippen molar-refractivity contribution in [3.05, 3.63) is 71.8 Å². The number of amides is 1. The first-order chi connectivity index (χ1) is 14.2. The third-order valence-electron chi connectivity index (χ3n) is 4.72. The van der Waals surface area contributed by atoms with E-state index in [1.807, 2.05) is 24.4 Å². The maximum Gasteiger partial charge on any atom is 0.251 e. The van der Waals surface area contributed by atoms with Crippen LogP contribution >= 0.6 is 0 Å². The molecular formula is C22H23N3O4. The van der Waals surface area contributed by atoms with Crippen LogP contribution in [0.5, 0.6) is 17.2 Å². The van der Waals surface area contributed by atoms with Gasteiger partial charge in [0.2, 0.25) is 5.75 Å². The number of carbonyl (C=O) groups excluding carboxylic acids is 1. The van der Waals surface area contributed by atoms with Crippen LogP contribution in [0.25, 0.3) is 0 Å². The number of hydrogen-bond donors (Lipinski definition) is 1. The van der Waals surface area contributed by atoms with Gasteiger partial charge in [0, 0.05) is 37.5 Å². The van der Waals surface area contributed by atoms with E-state index in [9.17, 15) is 4.79 Å². The summed E-state index contributed by atoms with van der Waals surface area (Å²) < 4.78 is 18.6. The first-order valence-electron chi connectivity index (χ1n) is 9.54. The van der Waals surface area contributed by atoms with Crippen molar-refractivity contribution in [3.8, 4) is 17.2 Å². The zero-order valence-electron chi connectivity index (χ0n) is 16.3. The van der Waals surface area contributed by atoms with Crippen LogP contribution in [0.3, 0.4) is 0 Å². The molecular weight excluding hydrogens is 370 g/mol. The number of methoxy groups -OCH3 is 1. The Morgan fingerprint density at radius 2 is 2.03 bits per heavy atom. The molecule has 1 aliphatic rings. The summed E-state index contributed by atoms with van der Waals surface area (Å²) in [6, 6.07) is 13.6. The Labute approximate surface area is 169 Å². The highest BCUT2D eigenvalue weighted by molar-refractivity contribution is 5.95. The molecule has 0 radical (unpaired) electrons. The average Bonchev–Trinajstić information content (AvgIpc) is 3.20. The largest absolute Gasteiger partial charge is 0.493 e. The highest BCUT2D eigenvalue weighted by atomic mass is 16.6. The van der Waals surface area contributed by atoms with Crippen molar-refractivity contribution in [1.82, 2.24) is 14.9 Å². The summed E-state index contributed by atoms with van der Waals surface area (Å²) >= 11 is 0. The molecule has 7 nitrogen and oxygen atoms in total. The lowest BCUT2D eigenvalue weighted by Crippen LogP contribution is -2.27. The number of nitrogens with one attached hydrogen (secondary N) is 1. The summed E-state index contributed by atoms with van der Waals surface area (Å²) in [5.74, 6) is 2.29. The molecule has 150 valence electrons. The molecule has 4 rings (SSSR count). The molecule has 1 N–H and O–H groups in total. The quantitative estimate of drug-likeness (QED) is 0.668. The summed E-state index contributed by atoms with van der Waals surface area (Å²) in [6.07, 6.45) is 4.37. The predicted molar refractivity (Wildman–Crippen MR) is 108 cm³/mol. The average molecular weight is 393 g/mol. The molecule has 0 aliphatic carbocycles. The molecule has 1 amide bonds. The van der Waals surface area contributed by atoms with E-state index in [1.165, 1.54) is 5.56 Å². The van der Waals surface area contributed by atoms with Crippen LogP contribution in [0.15, 0.2) is 54.9 Å². The van der Waals surface area contributed by atoms with Gasteiger partial charge in [-0.2, -0.15) is 0 Å². The Bertz CT molecular complexity index is 968. The fourth-order valence-electron chi connectivity index (χ4n) is 3.29. The van der Waals surface area contributed by atoms with Gasteiger partial charge in [0.15, 0.2) is 11.5 Å². The van der Waals surface area contributed by atoms with Crippen molar-refractivity contribution in [2.24, 2.45) is 0 Å². The summed E-state index contributed by atoms with van der Waals surface area (Å²) in [5, 5.41) is 2.94. The van der Waals surface area contributed by atoms with E-state index in [-0.39, 0.29) is 5.91 Å². The minimum atomic E-state index is -0.193. The van der Waals surface area contributed by atoms with Gasteiger partial charge in [-0.05, 0) is 17.7 Å². The molecule has 3 aromatic rings. The van der Waals surface area contributed by atoms with Gasteiger partial charge >= 0.3 is 0 Å². The molecule has 0 atom stereocenters. The first kappa shape index (κ1) is 18.9. The molecule has 0 saturated heterocycles. The van der Waals surface area contributed by atoms with Crippen LogP contribution in [0.2, 0.25) is 0 Å². The molecule has 0 saturated carbocycles. The van der Waals surface area contributed by atoms with E-state index in [1.54, 1.807) is 25.4 Å². The topological polar surface area (TPSA) is 74.6 Å². The van der Waals surface area contributed by atoms with Gasteiger partial charge in [0.1, 0.15) is 19.0 Å². The monoisotopic (exact) mass is 393 g/mol. The van der Waals surface area contributed by atoms with Gasteiger partial charge in [-0.25, -0.2) is 4.98 Å². The molecule has 2 aromatic carbocycles. The second kappa shape index (κ2) is 8.68. The van der Waals surface area contributed by atoms with Gasteiger partial charge in [0.05, 0.1) is 7.11 Å². The summed E-state index contributed by atoms with van der Waals surface area (Å²) in [5.41, 5.74) is 1.68. The van der Waals surface area contributed by atoms with Gasteiger partial charge in [-0.1, -0.05) is 30.3 Å². The molecule has 0 fully saturated rings. The number of benzene rings is 2. The lowest BCUT2D eigenvalue weighted by molar-refractivity contribution is 0.0952. The van der Waals surface area contributed by atoms with Crippen LogP contribution in [0, 0.1) is 0 Å². The van der Waals surface area contributed by atoms with Crippen LogP contribution in [-0.2, 0) is 13.0 Å². The van der Waals surface area contributed by atoms with Gasteiger partial charge in [-0.15, -0.1) is 0 Å². The summed E-state index contributed by atoms with van der Waals surface area (Å²) in [7, 11) is 1.54. The minimum absolute atomic E-state index is 0.193. The van der Waals surface area contributed by atoms with Crippen molar-refractivity contribution in [2.45, 2.75) is 13.0 Å². The fourth-order valence-corrected chi connectivity index (χ4v) is 3.29. The third-order valence-corrected chi connectivity index (χ3v) is 4.72. The van der Waals surface area contributed by atoms with Crippen molar-refractivity contribution >= 4 is 5.91 Å². The molecule has 1 aromatic heterocycles. The van der Waals surface area contributed by atoms with Gasteiger partial charge in [0.25, 0.3) is 5.91 Å². The zero-order chi connectivity index (χ0) is 20.1.